The number of nitrogens with one attached hydrogen (secondary N) is 1. The summed E-state index contributed by atoms with van der Waals surface area (Å²) in [5.74, 6) is -0.408. The first-order valence-electron chi connectivity index (χ1n) is 4.77. The molecule has 5 N–H and O–H groups in total. The minimum Gasteiger partial charge on any atom is -0.382 e. The van der Waals surface area contributed by atoms with E-state index in [2.05, 4.69) is 14.7 Å². The normalized spacial score (nSPS) is 10.4. The van der Waals surface area contributed by atoms with Crippen molar-refractivity contribution in [2.24, 2.45) is 5.73 Å². The number of primary amides is 1. The van der Waals surface area contributed by atoms with Crippen molar-refractivity contribution in [2.45, 2.75) is 13.5 Å². The van der Waals surface area contributed by atoms with Crippen molar-refractivity contribution in [3.8, 4) is 0 Å². The number of nitrogens with two attached hydrogens (primary N) is 2. The number of aryl methyl sites for hydroxylation is 1. The third-order valence-corrected chi connectivity index (χ3v) is 3.82. The molecule has 0 radical (unpaired) electrons. The lowest BCUT2D eigenvalue weighted by Gasteiger charge is -2.02. The van der Waals surface area contributed by atoms with Gasteiger partial charge in [0.05, 0.1) is 6.54 Å². The molecule has 0 aliphatic rings. The van der Waals surface area contributed by atoms with E-state index >= 15 is 0 Å². The van der Waals surface area contributed by atoms with Gasteiger partial charge < -0.3 is 16.8 Å². The number of amides is 1. The molecule has 0 atom stereocenters. The summed E-state index contributed by atoms with van der Waals surface area (Å²) in [6.45, 7) is 2.46. The Morgan fingerprint density at radius 3 is 2.94 bits per heavy atom. The highest BCUT2D eigenvalue weighted by atomic mass is 32.1. The molecule has 0 aromatic carbocycles. The van der Waals surface area contributed by atoms with Gasteiger partial charge in [0.15, 0.2) is 5.82 Å². The minimum atomic E-state index is -0.575. The molecule has 2 aromatic heterocycles. The second kappa shape index (κ2) is 4.68. The van der Waals surface area contributed by atoms with Gasteiger partial charge in [0.1, 0.15) is 15.6 Å². The Kier molecular flexibility index (Phi) is 3.25. The molecule has 0 spiro atoms. The van der Waals surface area contributed by atoms with Crippen molar-refractivity contribution in [1.29, 1.82) is 0 Å². The third-order valence-electron chi connectivity index (χ3n) is 2.03. The summed E-state index contributed by atoms with van der Waals surface area (Å²) in [5.41, 5.74) is 12.0. The van der Waals surface area contributed by atoms with Gasteiger partial charge in [0, 0.05) is 11.1 Å². The lowest BCUT2D eigenvalue weighted by molar-refractivity contribution is 0.100. The molecular formula is C9H11N5OS2. The summed E-state index contributed by atoms with van der Waals surface area (Å²) >= 11 is 2.67. The van der Waals surface area contributed by atoms with Crippen LogP contribution in [0.1, 0.15) is 21.1 Å². The summed E-state index contributed by atoms with van der Waals surface area (Å²) in [6.07, 6.45) is 0. The Hall–Kier alpha value is -1.67. The number of hydrogen-bond donors (Lipinski definition) is 3. The van der Waals surface area contributed by atoms with Crippen LogP contribution in [-0.4, -0.2) is 15.3 Å². The van der Waals surface area contributed by atoms with Crippen LogP contribution >= 0.6 is 22.9 Å². The fourth-order valence-corrected chi connectivity index (χ4v) is 2.73. The van der Waals surface area contributed by atoms with Crippen molar-refractivity contribution in [3.63, 3.8) is 0 Å². The Balaban J connectivity index is 2.11. The highest BCUT2D eigenvalue weighted by Crippen LogP contribution is 2.26. The van der Waals surface area contributed by atoms with Crippen LogP contribution in [0.15, 0.2) is 5.38 Å². The average molecular weight is 269 g/mol. The van der Waals surface area contributed by atoms with E-state index in [0.717, 1.165) is 22.2 Å². The highest BCUT2D eigenvalue weighted by molar-refractivity contribution is 7.11. The topological polar surface area (TPSA) is 107 Å². The van der Waals surface area contributed by atoms with E-state index in [-0.39, 0.29) is 11.4 Å². The Labute approximate surface area is 106 Å². The molecular weight excluding hydrogens is 258 g/mol. The molecule has 2 rings (SSSR count). The van der Waals surface area contributed by atoms with Crippen molar-refractivity contribution >= 4 is 39.6 Å². The monoisotopic (exact) mass is 269 g/mol. The van der Waals surface area contributed by atoms with Crippen LogP contribution in [0.25, 0.3) is 0 Å². The second-order valence-corrected chi connectivity index (χ2v) is 5.09. The van der Waals surface area contributed by atoms with E-state index in [0.29, 0.717) is 11.5 Å². The van der Waals surface area contributed by atoms with Gasteiger partial charge in [0.2, 0.25) is 0 Å². The maximum Gasteiger partial charge on any atom is 0.255 e. The van der Waals surface area contributed by atoms with E-state index in [1.807, 2.05) is 12.3 Å². The number of nitrogen functional groups attached to an aromatic ring is 1. The van der Waals surface area contributed by atoms with E-state index in [9.17, 15) is 4.79 Å². The number of rotatable bonds is 4. The highest BCUT2D eigenvalue weighted by Gasteiger charge is 2.16. The average Bonchev–Trinajstić information content (AvgIpc) is 2.82. The first-order chi connectivity index (χ1) is 8.08. The number of anilines is 2. The zero-order valence-electron chi connectivity index (χ0n) is 9.06. The Bertz CT molecular complexity index is 547. The molecule has 2 aromatic rings. The number of thiazole rings is 1. The van der Waals surface area contributed by atoms with Crippen LogP contribution in [0.2, 0.25) is 0 Å². The first-order valence-corrected chi connectivity index (χ1v) is 6.43. The van der Waals surface area contributed by atoms with Crippen LogP contribution in [0, 0.1) is 6.92 Å². The molecule has 0 saturated heterocycles. The lowest BCUT2D eigenvalue weighted by atomic mass is 10.3. The van der Waals surface area contributed by atoms with Crippen LogP contribution in [0.3, 0.4) is 0 Å². The maximum atomic E-state index is 11.2. The lowest BCUT2D eigenvalue weighted by Crippen LogP contribution is -2.14. The second-order valence-electron chi connectivity index (χ2n) is 3.37. The Morgan fingerprint density at radius 1 is 1.59 bits per heavy atom. The van der Waals surface area contributed by atoms with Crippen molar-refractivity contribution in [1.82, 2.24) is 9.36 Å². The van der Waals surface area contributed by atoms with E-state index in [4.69, 9.17) is 11.5 Å². The van der Waals surface area contributed by atoms with Gasteiger partial charge in [-0.3, -0.25) is 4.79 Å². The van der Waals surface area contributed by atoms with Gasteiger partial charge in [-0.25, -0.2) is 4.98 Å². The molecule has 2 heterocycles. The fraction of sp³-hybridized carbons (Fsp3) is 0.222. The fourth-order valence-electron chi connectivity index (χ4n) is 1.30. The molecule has 90 valence electrons. The molecule has 0 fully saturated rings. The van der Waals surface area contributed by atoms with E-state index < -0.39 is 5.91 Å². The zero-order chi connectivity index (χ0) is 12.4. The van der Waals surface area contributed by atoms with Crippen LogP contribution in [0.4, 0.5) is 10.8 Å². The predicted molar refractivity (Wildman–Crippen MR) is 69.2 cm³/mol. The quantitative estimate of drug-likeness (QED) is 0.773. The van der Waals surface area contributed by atoms with Gasteiger partial charge in [0.25, 0.3) is 5.91 Å². The molecule has 6 nitrogen and oxygen atoms in total. The molecule has 0 saturated carbocycles. The van der Waals surface area contributed by atoms with Crippen LogP contribution in [-0.2, 0) is 6.54 Å². The summed E-state index contributed by atoms with van der Waals surface area (Å²) in [5, 5.41) is 6.55. The summed E-state index contributed by atoms with van der Waals surface area (Å²) in [4.78, 5) is 15.5. The number of carbonyl (C=O) groups is 1. The van der Waals surface area contributed by atoms with Crippen molar-refractivity contribution in [3.05, 3.63) is 21.6 Å². The SMILES string of the molecule is Cc1csc(CNc2snc(N)c2C(N)=O)n1. The van der Waals surface area contributed by atoms with Crippen molar-refractivity contribution < 1.29 is 4.79 Å². The van der Waals surface area contributed by atoms with Crippen molar-refractivity contribution in [2.75, 3.05) is 11.1 Å². The number of aromatic nitrogens is 2. The van der Waals surface area contributed by atoms with Gasteiger partial charge in [-0.1, -0.05) is 0 Å². The molecule has 0 aliphatic heterocycles. The Morgan fingerprint density at radius 2 is 2.35 bits per heavy atom. The molecule has 0 aliphatic carbocycles. The zero-order valence-corrected chi connectivity index (χ0v) is 10.7. The first kappa shape index (κ1) is 11.8. The van der Waals surface area contributed by atoms with Crippen LogP contribution < -0.4 is 16.8 Å². The minimum absolute atomic E-state index is 0.167. The summed E-state index contributed by atoms with van der Waals surface area (Å²) in [6, 6.07) is 0. The number of hydrogen-bond acceptors (Lipinski definition) is 7. The number of carbonyl (C=O) groups excluding carboxylic acids is 1. The molecule has 0 unspecified atom stereocenters. The smallest absolute Gasteiger partial charge is 0.255 e. The number of nitrogens with zero attached hydrogens (tertiary/aromatic N) is 2. The largest absolute Gasteiger partial charge is 0.382 e. The summed E-state index contributed by atoms with van der Waals surface area (Å²) in [7, 11) is 0. The van der Waals surface area contributed by atoms with Gasteiger partial charge in [-0.05, 0) is 18.5 Å². The maximum absolute atomic E-state index is 11.2. The van der Waals surface area contributed by atoms with E-state index in [1.165, 1.54) is 0 Å². The standard InChI is InChI=1S/C9H11N5OS2/c1-4-3-16-5(13-4)2-12-9-6(8(11)15)7(10)14-17-9/h3,12H,2H2,1H3,(H2,10,14)(H2,11,15). The third kappa shape index (κ3) is 2.53. The van der Waals surface area contributed by atoms with Gasteiger partial charge in [-0.15, -0.1) is 11.3 Å². The van der Waals surface area contributed by atoms with Gasteiger partial charge >= 0.3 is 0 Å². The van der Waals surface area contributed by atoms with E-state index in [1.54, 1.807) is 11.3 Å². The molecule has 0 bridgehead atoms. The molecule has 1 amide bonds. The molecule has 17 heavy (non-hydrogen) atoms. The molecule has 8 heteroatoms. The van der Waals surface area contributed by atoms with Gasteiger partial charge in [-0.2, -0.15) is 4.37 Å². The predicted octanol–water partition coefficient (Wildman–Crippen LogP) is 1.20. The summed E-state index contributed by atoms with van der Waals surface area (Å²) < 4.78 is 3.89. The van der Waals surface area contributed by atoms with Crippen LogP contribution in [0.5, 0.6) is 0 Å².